The van der Waals surface area contributed by atoms with Crippen LogP contribution in [0.5, 0.6) is 0 Å². The predicted octanol–water partition coefficient (Wildman–Crippen LogP) is 5.32. The van der Waals surface area contributed by atoms with Gasteiger partial charge in [0.2, 0.25) is 0 Å². The number of rotatable bonds is 1. The van der Waals surface area contributed by atoms with E-state index in [0.717, 1.165) is 43.4 Å². The molecule has 27 heavy (non-hydrogen) atoms. The highest BCUT2D eigenvalue weighted by Crippen LogP contribution is 2.66. The van der Waals surface area contributed by atoms with Crippen molar-refractivity contribution in [1.82, 2.24) is 0 Å². The summed E-state index contributed by atoms with van der Waals surface area (Å²) in [5.74, 6) is 3.46. The first-order valence-corrected chi connectivity index (χ1v) is 10.8. The van der Waals surface area contributed by atoms with E-state index in [2.05, 4.69) is 13.8 Å². The number of fused-ring (bicyclic) bond motifs is 5. The zero-order valence-corrected chi connectivity index (χ0v) is 17.8. The van der Waals surface area contributed by atoms with Crippen molar-refractivity contribution in [3.05, 3.63) is 11.6 Å². The average Bonchev–Trinajstić information content (AvgIpc) is 2.92. The van der Waals surface area contributed by atoms with Crippen LogP contribution in [0.2, 0.25) is 0 Å². The van der Waals surface area contributed by atoms with E-state index >= 15 is 0 Å². The van der Waals surface area contributed by atoms with Crippen LogP contribution in [0, 0.1) is 34.5 Å². The highest BCUT2D eigenvalue weighted by molar-refractivity contribution is 5.91. The molecule has 0 amide bonds. The third kappa shape index (κ3) is 3.47. The number of Topliss-reactive ketones (excluding diaryl/α,β-unsaturated/α-hetero) is 2. The van der Waals surface area contributed by atoms with E-state index < -0.39 is 0 Å². The van der Waals surface area contributed by atoms with Gasteiger partial charge in [0, 0.05) is 12.3 Å². The Kier molecular flexibility index (Phi) is 5.53. The SMILES string of the molecule is CC(=O)[C@H]1CC[C@H]2[C@@H]3CCC4=CC(=O)CC[C@]4(C)[C@H]3CC[C@]12C.CC(C)=O. The van der Waals surface area contributed by atoms with E-state index in [1.165, 1.54) is 45.1 Å². The van der Waals surface area contributed by atoms with Gasteiger partial charge >= 0.3 is 0 Å². The van der Waals surface area contributed by atoms with Gasteiger partial charge in [-0.15, -0.1) is 0 Å². The summed E-state index contributed by atoms with van der Waals surface area (Å²) < 4.78 is 0. The lowest BCUT2D eigenvalue weighted by atomic mass is 9.47. The van der Waals surface area contributed by atoms with Crippen molar-refractivity contribution >= 4 is 17.3 Å². The zero-order valence-electron chi connectivity index (χ0n) is 17.8. The summed E-state index contributed by atoms with van der Waals surface area (Å²) in [5, 5.41) is 0. The minimum absolute atomic E-state index is 0.167. The fraction of sp³-hybridized carbons (Fsp3) is 0.792. The molecule has 4 rings (SSSR count). The minimum atomic E-state index is 0.167. The lowest BCUT2D eigenvalue weighted by Gasteiger charge is -2.58. The first-order valence-electron chi connectivity index (χ1n) is 10.8. The van der Waals surface area contributed by atoms with Gasteiger partial charge in [-0.25, -0.2) is 0 Å². The molecular weight excluding hydrogens is 336 g/mol. The maximum absolute atomic E-state index is 12.1. The summed E-state index contributed by atoms with van der Waals surface area (Å²) in [6, 6.07) is 0. The van der Waals surface area contributed by atoms with E-state index in [1.807, 2.05) is 6.08 Å². The van der Waals surface area contributed by atoms with Crippen LogP contribution in [0.25, 0.3) is 0 Å². The molecule has 3 nitrogen and oxygen atoms in total. The maximum atomic E-state index is 12.1. The molecular formula is C24H36O3. The third-order valence-corrected chi connectivity index (χ3v) is 8.45. The number of carbonyl (C=O) groups is 3. The predicted molar refractivity (Wildman–Crippen MR) is 107 cm³/mol. The molecule has 6 atom stereocenters. The number of ketones is 3. The molecule has 0 heterocycles. The highest BCUT2D eigenvalue weighted by Gasteiger charge is 2.59. The van der Waals surface area contributed by atoms with E-state index in [4.69, 9.17) is 0 Å². The Bertz CT molecular complexity index is 671. The fourth-order valence-corrected chi connectivity index (χ4v) is 7.23. The molecule has 0 saturated heterocycles. The largest absolute Gasteiger partial charge is 0.300 e. The molecule has 0 radical (unpaired) electrons. The van der Waals surface area contributed by atoms with Gasteiger partial charge in [-0.3, -0.25) is 9.59 Å². The Balaban J connectivity index is 0.000000481. The molecule has 0 spiro atoms. The summed E-state index contributed by atoms with van der Waals surface area (Å²) in [4.78, 5) is 33.4. The zero-order chi connectivity index (χ0) is 20.0. The molecule has 0 aromatic carbocycles. The highest BCUT2D eigenvalue weighted by atomic mass is 16.1. The first-order chi connectivity index (χ1) is 12.6. The standard InChI is InChI=1S/C21H30O2.C3H6O/c1-13(22)17-6-7-18-16-5-4-14-12-15(23)8-10-20(14,2)19(16)9-11-21(17,18)3;1-3(2)4/h12,16-19H,4-11H2,1-3H3;1-2H3/t16-,17+,18-,19-,20-,21+;/m0./s1. The van der Waals surface area contributed by atoms with Crippen molar-refractivity contribution in [2.75, 3.05) is 0 Å². The summed E-state index contributed by atoms with van der Waals surface area (Å²) in [5.41, 5.74) is 1.95. The first kappa shape index (κ1) is 20.5. The topological polar surface area (TPSA) is 51.2 Å². The van der Waals surface area contributed by atoms with Crippen molar-refractivity contribution in [3.8, 4) is 0 Å². The van der Waals surface area contributed by atoms with Crippen LogP contribution in [0.1, 0.15) is 86.0 Å². The van der Waals surface area contributed by atoms with Crippen molar-refractivity contribution in [1.29, 1.82) is 0 Å². The molecule has 3 saturated carbocycles. The molecule has 0 bridgehead atoms. The molecule has 150 valence electrons. The Morgan fingerprint density at radius 2 is 1.59 bits per heavy atom. The molecule has 0 unspecified atom stereocenters. The van der Waals surface area contributed by atoms with Crippen molar-refractivity contribution in [2.24, 2.45) is 34.5 Å². The summed E-state index contributed by atoms with van der Waals surface area (Å²) in [7, 11) is 0. The van der Waals surface area contributed by atoms with Gasteiger partial charge in [0.05, 0.1) is 0 Å². The molecule has 4 aliphatic carbocycles. The smallest absolute Gasteiger partial charge is 0.155 e. The molecule has 3 heteroatoms. The third-order valence-electron chi connectivity index (χ3n) is 8.45. The van der Waals surface area contributed by atoms with Gasteiger partial charge in [0.25, 0.3) is 0 Å². The van der Waals surface area contributed by atoms with E-state index in [1.54, 1.807) is 6.92 Å². The quantitative estimate of drug-likeness (QED) is 0.626. The normalized spacial score (nSPS) is 42.7. The Morgan fingerprint density at radius 1 is 0.926 bits per heavy atom. The van der Waals surface area contributed by atoms with Crippen LogP contribution in [0.4, 0.5) is 0 Å². The van der Waals surface area contributed by atoms with Crippen LogP contribution in [0.15, 0.2) is 11.6 Å². The molecule has 0 aliphatic heterocycles. The Labute approximate surface area is 164 Å². The van der Waals surface area contributed by atoms with Gasteiger partial charge in [-0.05, 0) is 100 Å². The van der Waals surface area contributed by atoms with Crippen LogP contribution in [0.3, 0.4) is 0 Å². The summed E-state index contributed by atoms with van der Waals surface area (Å²) in [6.45, 7) is 9.70. The van der Waals surface area contributed by atoms with Gasteiger partial charge in [0.15, 0.2) is 5.78 Å². The lowest BCUT2D eigenvalue weighted by Crippen LogP contribution is -2.51. The number of hydrogen-bond donors (Lipinski definition) is 0. The van der Waals surface area contributed by atoms with E-state index in [9.17, 15) is 14.4 Å². The second-order valence-corrected chi connectivity index (χ2v) is 10.2. The van der Waals surface area contributed by atoms with Gasteiger partial charge < -0.3 is 4.79 Å². The van der Waals surface area contributed by atoms with Crippen LogP contribution in [-0.4, -0.2) is 17.3 Å². The molecule has 0 aromatic heterocycles. The monoisotopic (exact) mass is 372 g/mol. The van der Waals surface area contributed by atoms with Crippen LogP contribution < -0.4 is 0 Å². The van der Waals surface area contributed by atoms with Crippen LogP contribution >= 0.6 is 0 Å². The molecule has 3 fully saturated rings. The molecule has 0 N–H and O–H groups in total. The van der Waals surface area contributed by atoms with Crippen molar-refractivity contribution in [2.45, 2.75) is 86.0 Å². The maximum Gasteiger partial charge on any atom is 0.155 e. The minimum Gasteiger partial charge on any atom is -0.300 e. The fourth-order valence-electron chi connectivity index (χ4n) is 7.23. The van der Waals surface area contributed by atoms with Gasteiger partial charge in [-0.1, -0.05) is 19.4 Å². The van der Waals surface area contributed by atoms with Crippen molar-refractivity contribution in [3.63, 3.8) is 0 Å². The average molecular weight is 373 g/mol. The van der Waals surface area contributed by atoms with Crippen LogP contribution in [-0.2, 0) is 14.4 Å². The molecule has 0 aromatic rings. The summed E-state index contributed by atoms with van der Waals surface area (Å²) in [6.07, 6.45) is 10.9. The lowest BCUT2D eigenvalue weighted by molar-refractivity contribution is -0.128. The second kappa shape index (κ2) is 7.29. The Morgan fingerprint density at radius 3 is 2.22 bits per heavy atom. The van der Waals surface area contributed by atoms with E-state index in [-0.39, 0.29) is 16.6 Å². The number of hydrogen-bond acceptors (Lipinski definition) is 3. The van der Waals surface area contributed by atoms with Crippen molar-refractivity contribution < 1.29 is 14.4 Å². The number of carbonyl (C=O) groups excluding carboxylic acids is 3. The van der Waals surface area contributed by atoms with E-state index in [0.29, 0.717) is 17.5 Å². The molecule has 4 aliphatic rings. The van der Waals surface area contributed by atoms with Gasteiger partial charge in [0.1, 0.15) is 11.6 Å². The second-order valence-electron chi connectivity index (χ2n) is 10.2. The van der Waals surface area contributed by atoms with Gasteiger partial charge in [-0.2, -0.15) is 0 Å². The summed E-state index contributed by atoms with van der Waals surface area (Å²) >= 11 is 0. The Hall–Kier alpha value is -1.25. The number of allylic oxidation sites excluding steroid dienone is 1.